The maximum absolute atomic E-state index is 11.3. The lowest BCUT2D eigenvalue weighted by Crippen LogP contribution is -2.25. The molecule has 1 fully saturated rings. The minimum Gasteiger partial charge on any atom is -0.497 e. The van der Waals surface area contributed by atoms with Crippen LogP contribution in [0.1, 0.15) is 37.0 Å². The van der Waals surface area contributed by atoms with Crippen LogP contribution in [0.5, 0.6) is 5.75 Å². The third-order valence-electron chi connectivity index (χ3n) is 4.26. The Morgan fingerprint density at radius 1 is 1.37 bits per heavy atom. The maximum atomic E-state index is 11.3. The Hall–Kier alpha value is -1.71. The molecule has 3 atom stereocenters. The van der Waals surface area contributed by atoms with Crippen LogP contribution in [0.15, 0.2) is 18.2 Å². The summed E-state index contributed by atoms with van der Waals surface area (Å²) in [5.74, 6) is 0.985. The van der Waals surface area contributed by atoms with E-state index in [9.17, 15) is 9.90 Å². The van der Waals surface area contributed by atoms with Crippen LogP contribution < -0.4 is 10.1 Å². The van der Waals surface area contributed by atoms with Crippen LogP contribution in [-0.4, -0.2) is 24.2 Å². The van der Waals surface area contributed by atoms with Crippen molar-refractivity contribution in [2.24, 2.45) is 11.8 Å². The fourth-order valence-corrected chi connectivity index (χ4v) is 2.72. The lowest BCUT2D eigenvalue weighted by atomic mass is 9.97. The van der Waals surface area contributed by atoms with Gasteiger partial charge in [0.05, 0.1) is 18.4 Å². The van der Waals surface area contributed by atoms with E-state index in [1.54, 1.807) is 25.3 Å². The first-order chi connectivity index (χ1) is 9.02. The van der Waals surface area contributed by atoms with E-state index in [1.807, 2.05) is 0 Å². The molecule has 1 aromatic rings. The second kappa shape index (κ2) is 5.51. The van der Waals surface area contributed by atoms with Crippen molar-refractivity contribution in [2.45, 2.75) is 32.7 Å². The molecule has 0 saturated heterocycles. The van der Waals surface area contributed by atoms with Gasteiger partial charge in [0, 0.05) is 12.1 Å². The van der Waals surface area contributed by atoms with Gasteiger partial charge in [-0.1, -0.05) is 13.8 Å². The van der Waals surface area contributed by atoms with Gasteiger partial charge < -0.3 is 15.2 Å². The highest BCUT2D eigenvalue weighted by Crippen LogP contribution is 2.34. The van der Waals surface area contributed by atoms with Crippen molar-refractivity contribution in [3.8, 4) is 5.75 Å². The number of anilines is 1. The molecular formula is C15H21NO3. The van der Waals surface area contributed by atoms with Gasteiger partial charge in [0.25, 0.3) is 0 Å². The number of benzene rings is 1. The summed E-state index contributed by atoms with van der Waals surface area (Å²) in [6, 6.07) is 5.36. The van der Waals surface area contributed by atoms with E-state index in [2.05, 4.69) is 19.2 Å². The Bertz CT molecular complexity index is 472. The summed E-state index contributed by atoms with van der Waals surface area (Å²) in [4.78, 5) is 11.3. The van der Waals surface area contributed by atoms with Crippen molar-refractivity contribution >= 4 is 11.7 Å². The summed E-state index contributed by atoms with van der Waals surface area (Å²) in [6.07, 6.45) is 2.27. The zero-order valence-corrected chi connectivity index (χ0v) is 11.6. The number of aromatic carboxylic acids is 1. The second-order valence-corrected chi connectivity index (χ2v) is 5.38. The number of rotatable bonds is 4. The molecule has 19 heavy (non-hydrogen) atoms. The highest BCUT2D eigenvalue weighted by Gasteiger charge is 2.30. The van der Waals surface area contributed by atoms with Crippen molar-refractivity contribution in [1.29, 1.82) is 0 Å². The molecule has 0 amide bonds. The van der Waals surface area contributed by atoms with E-state index < -0.39 is 5.97 Å². The lowest BCUT2D eigenvalue weighted by molar-refractivity contribution is 0.0698. The molecule has 0 aliphatic heterocycles. The summed E-state index contributed by atoms with van der Waals surface area (Å²) >= 11 is 0. The highest BCUT2D eigenvalue weighted by atomic mass is 16.5. The van der Waals surface area contributed by atoms with Crippen molar-refractivity contribution < 1.29 is 14.6 Å². The normalized spacial score (nSPS) is 26.2. The van der Waals surface area contributed by atoms with Crippen molar-refractivity contribution in [3.63, 3.8) is 0 Å². The van der Waals surface area contributed by atoms with Gasteiger partial charge in [-0.2, -0.15) is 0 Å². The quantitative estimate of drug-likeness (QED) is 0.875. The molecule has 1 aliphatic rings. The highest BCUT2D eigenvalue weighted by molar-refractivity contribution is 5.94. The average molecular weight is 263 g/mol. The summed E-state index contributed by atoms with van der Waals surface area (Å²) in [7, 11) is 1.58. The number of carbonyl (C=O) groups is 1. The first kappa shape index (κ1) is 13.7. The Kier molecular flexibility index (Phi) is 3.98. The van der Waals surface area contributed by atoms with Gasteiger partial charge in [-0.25, -0.2) is 4.79 Å². The van der Waals surface area contributed by atoms with Crippen LogP contribution in [0, 0.1) is 11.8 Å². The van der Waals surface area contributed by atoms with Crippen LogP contribution >= 0.6 is 0 Å². The molecule has 104 valence electrons. The van der Waals surface area contributed by atoms with E-state index in [0.29, 0.717) is 34.9 Å². The van der Waals surface area contributed by atoms with Crippen molar-refractivity contribution in [1.82, 2.24) is 0 Å². The summed E-state index contributed by atoms with van der Waals surface area (Å²) in [5.41, 5.74) is 0.949. The van der Waals surface area contributed by atoms with Gasteiger partial charge in [0.1, 0.15) is 5.75 Å². The van der Waals surface area contributed by atoms with Crippen LogP contribution in [-0.2, 0) is 0 Å². The predicted molar refractivity (Wildman–Crippen MR) is 74.9 cm³/mol. The zero-order chi connectivity index (χ0) is 14.0. The molecule has 0 radical (unpaired) electrons. The minimum atomic E-state index is -0.913. The third kappa shape index (κ3) is 2.83. The SMILES string of the molecule is COc1ccc(C(=O)O)c(NC2CCC(C)C2C)c1. The summed E-state index contributed by atoms with van der Waals surface area (Å²) in [5, 5.41) is 12.6. The maximum Gasteiger partial charge on any atom is 0.337 e. The van der Waals surface area contributed by atoms with Crippen molar-refractivity contribution in [2.75, 3.05) is 12.4 Å². The molecule has 1 aromatic carbocycles. The predicted octanol–water partition coefficient (Wildman–Crippen LogP) is 3.24. The largest absolute Gasteiger partial charge is 0.497 e. The second-order valence-electron chi connectivity index (χ2n) is 5.38. The molecule has 3 unspecified atom stereocenters. The fourth-order valence-electron chi connectivity index (χ4n) is 2.72. The molecule has 2 N–H and O–H groups in total. The summed E-state index contributed by atoms with van der Waals surface area (Å²) in [6.45, 7) is 4.46. The van der Waals surface area contributed by atoms with Crippen LogP contribution in [0.2, 0.25) is 0 Å². The van der Waals surface area contributed by atoms with Gasteiger partial charge in [0.2, 0.25) is 0 Å². The molecular weight excluding hydrogens is 242 g/mol. The van der Waals surface area contributed by atoms with Crippen molar-refractivity contribution in [3.05, 3.63) is 23.8 Å². The molecule has 0 bridgehead atoms. The first-order valence-electron chi connectivity index (χ1n) is 6.70. The van der Waals surface area contributed by atoms with Gasteiger partial charge in [-0.05, 0) is 36.8 Å². The minimum absolute atomic E-state index is 0.299. The van der Waals surface area contributed by atoms with E-state index in [1.165, 1.54) is 6.42 Å². The fraction of sp³-hybridized carbons (Fsp3) is 0.533. The Balaban J connectivity index is 2.25. The standard InChI is InChI=1S/C15H21NO3/c1-9-4-7-13(10(9)2)16-14-8-11(19-3)5-6-12(14)15(17)18/h5-6,8-10,13,16H,4,7H2,1-3H3,(H,17,18). The van der Waals surface area contributed by atoms with E-state index in [0.717, 1.165) is 6.42 Å². The smallest absolute Gasteiger partial charge is 0.337 e. The molecule has 4 heteroatoms. The number of hydrogen-bond acceptors (Lipinski definition) is 3. The van der Waals surface area contributed by atoms with E-state index >= 15 is 0 Å². The molecule has 0 heterocycles. The molecule has 0 aromatic heterocycles. The lowest BCUT2D eigenvalue weighted by Gasteiger charge is -2.22. The first-order valence-corrected chi connectivity index (χ1v) is 6.70. The number of nitrogens with one attached hydrogen (secondary N) is 1. The third-order valence-corrected chi connectivity index (χ3v) is 4.26. The van der Waals surface area contributed by atoms with Gasteiger partial charge in [0.15, 0.2) is 0 Å². The molecule has 4 nitrogen and oxygen atoms in total. The zero-order valence-electron chi connectivity index (χ0n) is 11.6. The van der Waals surface area contributed by atoms with Gasteiger partial charge in [-0.15, -0.1) is 0 Å². The van der Waals surface area contributed by atoms with Crippen LogP contribution in [0.3, 0.4) is 0 Å². The molecule has 2 rings (SSSR count). The number of ether oxygens (including phenoxy) is 1. The average Bonchev–Trinajstić information content (AvgIpc) is 2.70. The number of methoxy groups -OCH3 is 1. The molecule has 1 saturated carbocycles. The van der Waals surface area contributed by atoms with E-state index in [-0.39, 0.29) is 0 Å². The Morgan fingerprint density at radius 2 is 2.11 bits per heavy atom. The molecule has 0 spiro atoms. The Labute approximate surface area is 113 Å². The Morgan fingerprint density at radius 3 is 2.63 bits per heavy atom. The topological polar surface area (TPSA) is 58.6 Å². The van der Waals surface area contributed by atoms with Crippen LogP contribution in [0.4, 0.5) is 5.69 Å². The van der Waals surface area contributed by atoms with Gasteiger partial charge in [-0.3, -0.25) is 0 Å². The van der Waals surface area contributed by atoms with Crippen LogP contribution in [0.25, 0.3) is 0 Å². The monoisotopic (exact) mass is 263 g/mol. The number of hydrogen-bond donors (Lipinski definition) is 2. The summed E-state index contributed by atoms with van der Waals surface area (Å²) < 4.78 is 5.17. The number of carboxylic acids is 1. The van der Waals surface area contributed by atoms with E-state index in [4.69, 9.17) is 4.74 Å². The number of carboxylic acid groups (broad SMARTS) is 1. The van der Waals surface area contributed by atoms with Gasteiger partial charge >= 0.3 is 5.97 Å². The molecule has 1 aliphatic carbocycles.